The predicted octanol–water partition coefficient (Wildman–Crippen LogP) is 0.399. The van der Waals surface area contributed by atoms with Gasteiger partial charge in [0, 0.05) is 38.6 Å². The molecule has 1 aliphatic heterocycles. The van der Waals surface area contributed by atoms with Gasteiger partial charge < -0.3 is 14.8 Å². The first kappa shape index (κ1) is 12.8. The van der Waals surface area contributed by atoms with Crippen LogP contribution in [0.15, 0.2) is 23.3 Å². The van der Waals surface area contributed by atoms with Crippen LogP contribution in [0.2, 0.25) is 0 Å². The first-order valence-corrected chi connectivity index (χ1v) is 6.19. The number of aromatic amines is 1. The maximum absolute atomic E-state index is 12.1. The molecule has 0 aromatic carbocycles. The van der Waals surface area contributed by atoms with Crippen LogP contribution in [0.3, 0.4) is 0 Å². The summed E-state index contributed by atoms with van der Waals surface area (Å²) in [7, 11) is 3.84. The molecule has 0 aliphatic carbocycles. The Morgan fingerprint density at radius 3 is 3.00 bits per heavy atom. The number of nitrogens with zero attached hydrogens (tertiary/aromatic N) is 2. The van der Waals surface area contributed by atoms with Crippen molar-refractivity contribution in [2.75, 3.05) is 33.7 Å². The number of amides is 1. The zero-order valence-electron chi connectivity index (χ0n) is 10.8. The first-order chi connectivity index (χ1) is 8.58. The largest absolute Gasteiger partial charge is 0.367 e. The molecule has 98 valence electrons. The van der Waals surface area contributed by atoms with Gasteiger partial charge in [-0.2, -0.15) is 0 Å². The number of nitrogens with one attached hydrogen (secondary N) is 1. The summed E-state index contributed by atoms with van der Waals surface area (Å²) in [6.45, 7) is 2.80. The van der Waals surface area contributed by atoms with E-state index < -0.39 is 0 Å². The number of pyridine rings is 1. The van der Waals surface area contributed by atoms with Gasteiger partial charge in [0.1, 0.15) is 5.56 Å². The topological polar surface area (TPSA) is 56.4 Å². The maximum atomic E-state index is 12.1. The van der Waals surface area contributed by atoms with Crippen molar-refractivity contribution in [3.8, 4) is 0 Å². The zero-order valence-corrected chi connectivity index (χ0v) is 10.8. The molecule has 1 aromatic heterocycles. The van der Waals surface area contributed by atoms with Gasteiger partial charge in [0.15, 0.2) is 5.43 Å². The molecule has 2 rings (SSSR count). The van der Waals surface area contributed by atoms with Gasteiger partial charge in [-0.3, -0.25) is 9.59 Å². The number of hydrogen-bond acceptors (Lipinski definition) is 3. The van der Waals surface area contributed by atoms with Gasteiger partial charge in [-0.15, -0.1) is 0 Å². The average Bonchev–Trinajstić information content (AvgIpc) is 2.74. The summed E-state index contributed by atoms with van der Waals surface area (Å²) in [5, 5.41) is 0. The summed E-state index contributed by atoms with van der Waals surface area (Å²) in [6, 6.07) is 1.38. The minimum atomic E-state index is -0.228. The fourth-order valence-corrected chi connectivity index (χ4v) is 2.43. The van der Waals surface area contributed by atoms with Crippen molar-refractivity contribution in [1.82, 2.24) is 14.8 Å². The highest BCUT2D eigenvalue weighted by Gasteiger charge is 2.23. The van der Waals surface area contributed by atoms with E-state index in [9.17, 15) is 9.59 Å². The van der Waals surface area contributed by atoms with Gasteiger partial charge in [0.05, 0.1) is 0 Å². The van der Waals surface area contributed by atoms with Crippen LogP contribution in [-0.4, -0.2) is 54.4 Å². The van der Waals surface area contributed by atoms with Crippen LogP contribution in [0, 0.1) is 5.92 Å². The van der Waals surface area contributed by atoms with Crippen molar-refractivity contribution < 1.29 is 4.79 Å². The van der Waals surface area contributed by atoms with Gasteiger partial charge in [0.2, 0.25) is 0 Å². The Morgan fingerprint density at radius 1 is 1.61 bits per heavy atom. The Morgan fingerprint density at radius 2 is 2.39 bits per heavy atom. The molecule has 5 heteroatoms. The molecule has 1 aromatic rings. The minimum Gasteiger partial charge on any atom is -0.367 e. The molecule has 0 radical (unpaired) electrons. The highest BCUT2D eigenvalue weighted by atomic mass is 16.2. The van der Waals surface area contributed by atoms with Gasteiger partial charge >= 0.3 is 0 Å². The number of likely N-dealkylation sites (tertiary alicyclic amines) is 1. The average molecular weight is 249 g/mol. The molecule has 0 bridgehead atoms. The zero-order chi connectivity index (χ0) is 13.1. The lowest BCUT2D eigenvalue weighted by molar-refractivity contribution is 0.0772. The van der Waals surface area contributed by atoms with Gasteiger partial charge in [-0.05, 0) is 25.9 Å². The van der Waals surface area contributed by atoms with Crippen LogP contribution in [-0.2, 0) is 0 Å². The lowest BCUT2D eigenvalue weighted by atomic mass is 10.1. The monoisotopic (exact) mass is 249 g/mol. The van der Waals surface area contributed by atoms with Crippen LogP contribution in [0.4, 0.5) is 0 Å². The second kappa shape index (κ2) is 5.35. The summed E-state index contributed by atoms with van der Waals surface area (Å²) >= 11 is 0. The summed E-state index contributed by atoms with van der Waals surface area (Å²) in [6.07, 6.45) is 4.12. The second-order valence-corrected chi connectivity index (χ2v) is 5.02. The van der Waals surface area contributed by atoms with Gasteiger partial charge in [0.25, 0.3) is 5.91 Å². The van der Waals surface area contributed by atoms with E-state index in [1.165, 1.54) is 18.5 Å². The lowest BCUT2D eigenvalue weighted by Crippen LogP contribution is -2.35. The quantitative estimate of drug-likeness (QED) is 0.843. The lowest BCUT2D eigenvalue weighted by Gasteiger charge is -2.20. The third kappa shape index (κ3) is 2.79. The molecule has 1 N–H and O–H groups in total. The molecule has 5 nitrogen and oxygen atoms in total. The number of hydrogen-bond donors (Lipinski definition) is 1. The van der Waals surface area contributed by atoms with E-state index >= 15 is 0 Å². The summed E-state index contributed by atoms with van der Waals surface area (Å²) in [4.78, 5) is 30.4. The van der Waals surface area contributed by atoms with Crippen molar-refractivity contribution in [2.24, 2.45) is 5.92 Å². The number of carbonyl (C=O) groups excluding carboxylic acids is 1. The van der Waals surface area contributed by atoms with Crippen molar-refractivity contribution in [3.63, 3.8) is 0 Å². The minimum absolute atomic E-state index is 0.202. The third-order valence-electron chi connectivity index (χ3n) is 3.42. The van der Waals surface area contributed by atoms with Crippen LogP contribution < -0.4 is 5.43 Å². The SMILES string of the molecule is CN1CCC(CN(C)C(=O)c2c[nH]ccc2=O)C1. The Bertz CT molecular complexity index is 483. The van der Waals surface area contributed by atoms with Crippen molar-refractivity contribution in [1.29, 1.82) is 0 Å². The number of rotatable bonds is 3. The molecule has 1 amide bonds. The molecule has 1 fully saturated rings. The van der Waals surface area contributed by atoms with Gasteiger partial charge in [-0.1, -0.05) is 0 Å². The molecular formula is C13H19N3O2. The molecule has 1 saturated heterocycles. The molecule has 1 unspecified atom stereocenters. The molecule has 1 atom stereocenters. The van der Waals surface area contributed by atoms with Gasteiger partial charge in [-0.25, -0.2) is 0 Å². The van der Waals surface area contributed by atoms with Crippen LogP contribution >= 0.6 is 0 Å². The third-order valence-corrected chi connectivity index (χ3v) is 3.42. The fraction of sp³-hybridized carbons (Fsp3) is 0.538. The van der Waals surface area contributed by atoms with Crippen molar-refractivity contribution >= 4 is 5.91 Å². The van der Waals surface area contributed by atoms with E-state index in [0.717, 1.165) is 19.5 Å². The maximum Gasteiger partial charge on any atom is 0.259 e. The predicted molar refractivity (Wildman–Crippen MR) is 69.6 cm³/mol. The molecule has 1 aliphatic rings. The number of H-pyrrole nitrogens is 1. The van der Waals surface area contributed by atoms with Crippen LogP contribution in [0.1, 0.15) is 16.8 Å². The van der Waals surface area contributed by atoms with E-state index in [4.69, 9.17) is 0 Å². The molecule has 0 saturated carbocycles. The van der Waals surface area contributed by atoms with E-state index in [2.05, 4.69) is 16.9 Å². The second-order valence-electron chi connectivity index (χ2n) is 5.02. The first-order valence-electron chi connectivity index (χ1n) is 6.19. The standard InChI is InChI=1S/C13H19N3O2/c1-15-6-4-10(8-15)9-16(2)13(18)11-7-14-5-3-12(11)17/h3,5,7,10H,4,6,8-9H2,1-2H3,(H,14,17). The Labute approximate surface area is 106 Å². The van der Waals surface area contributed by atoms with E-state index in [0.29, 0.717) is 12.5 Å². The van der Waals surface area contributed by atoms with E-state index in [-0.39, 0.29) is 16.9 Å². The number of carbonyl (C=O) groups is 1. The van der Waals surface area contributed by atoms with E-state index in [1.54, 1.807) is 11.9 Å². The highest BCUT2D eigenvalue weighted by Crippen LogP contribution is 2.15. The van der Waals surface area contributed by atoms with Crippen LogP contribution in [0.25, 0.3) is 0 Å². The summed E-state index contributed by atoms with van der Waals surface area (Å²) in [5.41, 5.74) is -0.0134. The van der Waals surface area contributed by atoms with E-state index in [1.807, 2.05) is 0 Å². The Hall–Kier alpha value is -1.62. The highest BCUT2D eigenvalue weighted by molar-refractivity contribution is 5.93. The normalized spacial score (nSPS) is 20.0. The molecule has 2 heterocycles. The smallest absolute Gasteiger partial charge is 0.259 e. The number of aromatic nitrogens is 1. The molecule has 18 heavy (non-hydrogen) atoms. The Balaban J connectivity index is 2.01. The molecule has 0 spiro atoms. The van der Waals surface area contributed by atoms with Crippen molar-refractivity contribution in [2.45, 2.75) is 6.42 Å². The summed E-state index contributed by atoms with van der Waals surface area (Å²) in [5.74, 6) is 0.304. The van der Waals surface area contributed by atoms with Crippen LogP contribution in [0.5, 0.6) is 0 Å². The Kier molecular flexibility index (Phi) is 3.81. The summed E-state index contributed by atoms with van der Waals surface area (Å²) < 4.78 is 0. The fourth-order valence-electron chi connectivity index (χ4n) is 2.43. The molecular weight excluding hydrogens is 230 g/mol. The van der Waals surface area contributed by atoms with Crippen molar-refractivity contribution in [3.05, 3.63) is 34.2 Å².